The highest BCUT2D eigenvalue weighted by Gasteiger charge is 2.65. The highest BCUT2D eigenvalue weighted by molar-refractivity contribution is 5.74. The normalized spacial score (nSPS) is 26.6. The van der Waals surface area contributed by atoms with Gasteiger partial charge in [-0.05, 0) is 30.9 Å². The fourth-order valence-electron chi connectivity index (χ4n) is 4.82. The molecule has 1 aliphatic carbocycles. The van der Waals surface area contributed by atoms with Gasteiger partial charge in [-0.15, -0.1) is 0 Å². The lowest BCUT2D eigenvalue weighted by molar-refractivity contribution is -0.0580. The Morgan fingerprint density at radius 3 is 3.00 bits per heavy atom. The predicted octanol–water partition coefficient (Wildman–Crippen LogP) is 2.93. The van der Waals surface area contributed by atoms with Gasteiger partial charge in [-0.25, -0.2) is 18.9 Å². The van der Waals surface area contributed by atoms with Crippen LogP contribution in [0.4, 0.5) is 19.0 Å². The van der Waals surface area contributed by atoms with Crippen molar-refractivity contribution < 1.29 is 17.9 Å². The second-order valence-corrected chi connectivity index (χ2v) is 7.98. The van der Waals surface area contributed by atoms with E-state index in [4.69, 9.17) is 9.72 Å². The van der Waals surface area contributed by atoms with Crippen molar-refractivity contribution in [2.75, 3.05) is 18.1 Å². The minimum absolute atomic E-state index is 0.0150. The van der Waals surface area contributed by atoms with Gasteiger partial charge in [-0.2, -0.15) is 13.9 Å². The third-order valence-electron chi connectivity index (χ3n) is 6.22. The zero-order chi connectivity index (χ0) is 20.7. The molecule has 1 spiro atoms. The number of fused-ring (bicyclic) bond motifs is 3. The fourth-order valence-corrected chi connectivity index (χ4v) is 4.82. The molecular formula is C20H17F3N6O. The molecule has 0 radical (unpaired) electrons. The summed E-state index contributed by atoms with van der Waals surface area (Å²) in [6, 6.07) is -0.266. The molecule has 1 N–H and O–H groups in total. The zero-order valence-electron chi connectivity index (χ0n) is 15.8. The Hall–Kier alpha value is -3.30. The predicted molar refractivity (Wildman–Crippen MR) is 102 cm³/mol. The summed E-state index contributed by atoms with van der Waals surface area (Å²) >= 11 is 0. The second kappa shape index (κ2) is 5.65. The number of piperidine rings is 1. The molecule has 6 rings (SSSR count). The van der Waals surface area contributed by atoms with E-state index in [1.807, 2.05) is 6.07 Å². The molecule has 3 aromatic heterocycles. The number of hydrogen-bond donors (Lipinski definition) is 1. The maximum Gasteiger partial charge on any atom is 0.357 e. The molecule has 3 aromatic rings. The average molecular weight is 414 g/mol. The van der Waals surface area contributed by atoms with E-state index < -0.39 is 24.0 Å². The largest absolute Gasteiger partial charge is 0.469 e. The summed E-state index contributed by atoms with van der Waals surface area (Å²) in [5.74, 6) is 0.400. The standard InChI is InChI=1S/C20H17F3N6O/c1-11-14-9-25-29-5-3-16(26-17(14)29)28-4-2-12-7-19(12,28)15-6-13(21)8-24-18(15)30-10-20(22,23)27-11/h3,5-6,8-9,12,27H,1-2,4,7,10H2/t12-,19+/m0/s1. The summed E-state index contributed by atoms with van der Waals surface area (Å²) in [5, 5.41) is 6.29. The van der Waals surface area contributed by atoms with Gasteiger partial charge >= 0.3 is 6.05 Å². The highest BCUT2D eigenvalue weighted by Crippen LogP contribution is 2.64. The van der Waals surface area contributed by atoms with Crippen LogP contribution in [-0.4, -0.2) is 38.8 Å². The van der Waals surface area contributed by atoms with Crippen molar-refractivity contribution >= 4 is 17.2 Å². The molecule has 3 aliphatic rings. The summed E-state index contributed by atoms with van der Waals surface area (Å²) in [6.07, 6.45) is 5.81. The molecule has 0 aromatic carbocycles. The Morgan fingerprint density at radius 2 is 2.17 bits per heavy atom. The van der Waals surface area contributed by atoms with Gasteiger partial charge in [0.1, 0.15) is 11.6 Å². The Morgan fingerprint density at radius 1 is 1.30 bits per heavy atom. The summed E-state index contributed by atoms with van der Waals surface area (Å²) in [7, 11) is 0. The number of aromatic nitrogens is 4. The van der Waals surface area contributed by atoms with E-state index in [0.717, 1.165) is 19.0 Å². The van der Waals surface area contributed by atoms with E-state index in [0.29, 0.717) is 29.1 Å². The van der Waals surface area contributed by atoms with Crippen molar-refractivity contribution in [3.63, 3.8) is 0 Å². The smallest absolute Gasteiger partial charge is 0.357 e. The number of alkyl halides is 2. The minimum atomic E-state index is -3.43. The van der Waals surface area contributed by atoms with Gasteiger partial charge in [0.15, 0.2) is 12.3 Å². The first-order valence-electron chi connectivity index (χ1n) is 9.63. The van der Waals surface area contributed by atoms with Gasteiger partial charge in [-0.1, -0.05) is 6.58 Å². The Kier molecular flexibility index (Phi) is 3.30. The third kappa shape index (κ3) is 2.36. The van der Waals surface area contributed by atoms with Gasteiger partial charge in [-0.3, -0.25) is 0 Å². The van der Waals surface area contributed by atoms with Crippen LogP contribution < -0.4 is 15.0 Å². The molecule has 1 saturated carbocycles. The van der Waals surface area contributed by atoms with Gasteiger partial charge in [0.25, 0.3) is 0 Å². The molecule has 2 aliphatic heterocycles. The van der Waals surface area contributed by atoms with E-state index >= 15 is 0 Å². The molecule has 0 unspecified atom stereocenters. The first kappa shape index (κ1) is 17.5. The lowest BCUT2D eigenvalue weighted by Crippen LogP contribution is -2.41. The number of rotatable bonds is 0. The number of nitrogens with zero attached hydrogens (tertiary/aromatic N) is 5. The van der Waals surface area contributed by atoms with Crippen LogP contribution in [0.15, 0.2) is 37.3 Å². The number of anilines is 1. The van der Waals surface area contributed by atoms with E-state index in [-0.39, 0.29) is 17.5 Å². The van der Waals surface area contributed by atoms with Gasteiger partial charge < -0.3 is 15.0 Å². The van der Waals surface area contributed by atoms with Crippen LogP contribution in [0.5, 0.6) is 5.88 Å². The van der Waals surface area contributed by atoms with Crippen LogP contribution in [0.2, 0.25) is 0 Å². The van der Waals surface area contributed by atoms with E-state index in [9.17, 15) is 13.2 Å². The van der Waals surface area contributed by atoms with Crippen molar-refractivity contribution in [3.05, 3.63) is 54.2 Å². The molecule has 5 heterocycles. The average Bonchev–Trinajstić information content (AvgIpc) is 3.09. The first-order chi connectivity index (χ1) is 14.4. The van der Waals surface area contributed by atoms with E-state index in [1.54, 1.807) is 6.20 Å². The topological polar surface area (TPSA) is 67.6 Å². The molecule has 2 bridgehead atoms. The second-order valence-electron chi connectivity index (χ2n) is 7.98. The van der Waals surface area contributed by atoms with Crippen molar-refractivity contribution in [3.8, 4) is 5.88 Å². The Labute approximate surface area is 169 Å². The lowest BCUT2D eigenvalue weighted by Gasteiger charge is -2.31. The molecule has 1 saturated heterocycles. The van der Waals surface area contributed by atoms with Crippen LogP contribution in [0.1, 0.15) is 24.0 Å². The molecule has 7 nitrogen and oxygen atoms in total. The van der Waals surface area contributed by atoms with Crippen molar-refractivity contribution in [1.82, 2.24) is 24.9 Å². The number of halogens is 3. The number of hydrogen-bond acceptors (Lipinski definition) is 6. The Bertz CT molecular complexity index is 1210. The molecule has 0 amide bonds. The van der Waals surface area contributed by atoms with Gasteiger partial charge in [0.2, 0.25) is 5.88 Å². The maximum absolute atomic E-state index is 14.6. The first-order valence-corrected chi connectivity index (χ1v) is 9.63. The van der Waals surface area contributed by atoms with Crippen LogP contribution in [0, 0.1) is 11.7 Å². The molecule has 30 heavy (non-hydrogen) atoms. The number of ether oxygens (including phenoxy) is 1. The van der Waals surface area contributed by atoms with Crippen LogP contribution in [-0.2, 0) is 5.54 Å². The quantitative estimate of drug-likeness (QED) is 0.571. The summed E-state index contributed by atoms with van der Waals surface area (Å²) in [6.45, 7) is 3.47. The Balaban J connectivity index is 1.59. The maximum atomic E-state index is 14.6. The fraction of sp³-hybridized carbons (Fsp3) is 0.350. The molecular weight excluding hydrogens is 397 g/mol. The number of nitrogens with one attached hydrogen (secondary N) is 1. The summed E-state index contributed by atoms with van der Waals surface area (Å²) in [4.78, 5) is 10.8. The molecule has 154 valence electrons. The summed E-state index contributed by atoms with van der Waals surface area (Å²) in [5.41, 5.74) is 0.685. The molecule has 10 heteroatoms. The van der Waals surface area contributed by atoms with E-state index in [2.05, 4.69) is 26.9 Å². The van der Waals surface area contributed by atoms with Gasteiger partial charge in [0, 0.05) is 24.0 Å². The highest BCUT2D eigenvalue weighted by atomic mass is 19.3. The SMILES string of the molecule is C=C1NC(F)(F)COc2ncc(F)cc2[C@@]23C[C@@H]2CCN3c2ccn3ncc1c3n2. The van der Waals surface area contributed by atoms with Crippen LogP contribution in [0.25, 0.3) is 11.3 Å². The monoisotopic (exact) mass is 414 g/mol. The van der Waals surface area contributed by atoms with E-state index in [1.165, 1.54) is 16.8 Å². The minimum Gasteiger partial charge on any atom is -0.469 e. The number of pyridine rings is 1. The van der Waals surface area contributed by atoms with Crippen molar-refractivity contribution in [2.24, 2.45) is 5.92 Å². The van der Waals surface area contributed by atoms with Crippen molar-refractivity contribution in [2.45, 2.75) is 24.4 Å². The van der Waals surface area contributed by atoms with Crippen molar-refractivity contribution in [1.29, 1.82) is 0 Å². The molecule has 2 atom stereocenters. The summed E-state index contributed by atoms with van der Waals surface area (Å²) < 4.78 is 50.3. The lowest BCUT2D eigenvalue weighted by atomic mass is 10.0. The molecule has 2 fully saturated rings. The van der Waals surface area contributed by atoms with Crippen LogP contribution in [0.3, 0.4) is 0 Å². The zero-order valence-corrected chi connectivity index (χ0v) is 15.8. The van der Waals surface area contributed by atoms with Crippen LogP contribution >= 0.6 is 0 Å². The third-order valence-corrected chi connectivity index (χ3v) is 6.22. The van der Waals surface area contributed by atoms with Gasteiger partial charge in [0.05, 0.1) is 23.5 Å².